The van der Waals surface area contributed by atoms with Crippen molar-refractivity contribution in [1.29, 1.82) is 0 Å². The van der Waals surface area contributed by atoms with Crippen molar-refractivity contribution in [2.75, 3.05) is 0 Å². The number of hydrogen-bond acceptors (Lipinski definition) is 4. The van der Waals surface area contributed by atoms with Crippen LogP contribution in [0.5, 0.6) is 0 Å². The van der Waals surface area contributed by atoms with Gasteiger partial charge in [-0.05, 0) is 62.8 Å². The number of benzene rings is 1. The molecule has 0 spiro atoms. The average molecular weight is 288 g/mol. The minimum Gasteiger partial charge on any atom is -0.399 e. The molecule has 0 bridgehead atoms. The highest BCUT2D eigenvalue weighted by molar-refractivity contribution is 6.62. The van der Waals surface area contributed by atoms with E-state index in [9.17, 15) is 0 Å². The van der Waals surface area contributed by atoms with E-state index in [1.165, 1.54) is 0 Å². The van der Waals surface area contributed by atoms with Crippen LogP contribution < -0.4 is 11.2 Å². The Kier molecular flexibility index (Phi) is 4.04. The summed E-state index contributed by atoms with van der Waals surface area (Å²) >= 11 is 0. The van der Waals surface area contributed by atoms with Crippen molar-refractivity contribution in [1.82, 2.24) is 0 Å². The SMILES string of the molecule is Cc1c(N=[N+]=[N-])cc(CN)cc1B1OC(C)(C)C(C)(C)O1. The van der Waals surface area contributed by atoms with E-state index < -0.39 is 18.3 Å². The van der Waals surface area contributed by atoms with Crippen molar-refractivity contribution in [3.8, 4) is 0 Å². The molecule has 0 unspecified atom stereocenters. The summed E-state index contributed by atoms with van der Waals surface area (Å²) in [5.41, 5.74) is 16.7. The molecule has 7 heteroatoms. The quantitative estimate of drug-likeness (QED) is 0.401. The van der Waals surface area contributed by atoms with Crippen LogP contribution in [0.3, 0.4) is 0 Å². The molecule has 0 saturated carbocycles. The van der Waals surface area contributed by atoms with Gasteiger partial charge in [0.25, 0.3) is 0 Å². The fraction of sp³-hybridized carbons (Fsp3) is 0.571. The zero-order valence-electron chi connectivity index (χ0n) is 13.2. The van der Waals surface area contributed by atoms with Gasteiger partial charge >= 0.3 is 7.12 Å². The van der Waals surface area contributed by atoms with Crippen LogP contribution >= 0.6 is 0 Å². The smallest absolute Gasteiger partial charge is 0.399 e. The fourth-order valence-electron chi connectivity index (χ4n) is 2.27. The summed E-state index contributed by atoms with van der Waals surface area (Å²) in [6.45, 7) is 10.3. The fourth-order valence-corrected chi connectivity index (χ4v) is 2.27. The molecule has 1 aliphatic rings. The molecule has 1 fully saturated rings. The molecule has 21 heavy (non-hydrogen) atoms. The van der Waals surface area contributed by atoms with Gasteiger partial charge in [-0.2, -0.15) is 0 Å². The molecule has 1 heterocycles. The maximum Gasteiger partial charge on any atom is 0.495 e. The van der Waals surface area contributed by atoms with Crippen molar-refractivity contribution in [3.05, 3.63) is 33.7 Å². The first kappa shape index (κ1) is 15.9. The van der Waals surface area contributed by atoms with Gasteiger partial charge in [0.2, 0.25) is 0 Å². The van der Waals surface area contributed by atoms with Crippen molar-refractivity contribution in [2.24, 2.45) is 10.8 Å². The predicted molar refractivity (Wildman–Crippen MR) is 83.6 cm³/mol. The number of rotatable bonds is 3. The molecule has 1 saturated heterocycles. The van der Waals surface area contributed by atoms with Crippen molar-refractivity contribution >= 4 is 18.3 Å². The Morgan fingerprint density at radius 3 is 2.29 bits per heavy atom. The summed E-state index contributed by atoms with van der Waals surface area (Å²) in [5.74, 6) is 0. The first-order chi connectivity index (χ1) is 9.71. The topological polar surface area (TPSA) is 93.2 Å². The normalized spacial score (nSPS) is 19.4. The molecule has 2 N–H and O–H groups in total. The van der Waals surface area contributed by atoms with Gasteiger partial charge in [0.15, 0.2) is 0 Å². The third-order valence-electron chi connectivity index (χ3n) is 4.38. The van der Waals surface area contributed by atoms with E-state index in [1.54, 1.807) is 6.07 Å². The number of nitrogens with two attached hydrogens (primary N) is 1. The second-order valence-corrected chi connectivity index (χ2v) is 6.31. The third-order valence-corrected chi connectivity index (χ3v) is 4.38. The van der Waals surface area contributed by atoms with Gasteiger partial charge in [0.05, 0.1) is 11.2 Å². The second-order valence-electron chi connectivity index (χ2n) is 6.31. The summed E-state index contributed by atoms with van der Waals surface area (Å²) < 4.78 is 12.1. The van der Waals surface area contributed by atoms with Crippen LogP contribution in [0, 0.1) is 6.92 Å². The molecule has 112 valence electrons. The minimum atomic E-state index is -0.492. The van der Waals surface area contributed by atoms with Gasteiger partial charge in [0, 0.05) is 17.1 Å². The van der Waals surface area contributed by atoms with E-state index in [2.05, 4.69) is 10.0 Å². The molecule has 0 atom stereocenters. The summed E-state index contributed by atoms with van der Waals surface area (Å²) in [6.07, 6.45) is 0. The zero-order valence-corrected chi connectivity index (χ0v) is 13.2. The first-order valence-corrected chi connectivity index (χ1v) is 6.96. The van der Waals surface area contributed by atoms with E-state index in [1.807, 2.05) is 40.7 Å². The molecule has 1 aliphatic heterocycles. The zero-order chi connectivity index (χ0) is 15.8. The number of hydrogen-bond donors (Lipinski definition) is 1. The molecule has 6 nitrogen and oxygen atoms in total. The van der Waals surface area contributed by atoms with E-state index in [-0.39, 0.29) is 0 Å². The Morgan fingerprint density at radius 2 is 1.81 bits per heavy atom. The molecule has 1 aromatic rings. The third kappa shape index (κ3) is 2.78. The molecular formula is C14H21BN4O2. The van der Waals surface area contributed by atoms with Crippen LogP contribution in [-0.2, 0) is 15.9 Å². The Labute approximate surface area is 125 Å². The van der Waals surface area contributed by atoms with Crippen LogP contribution in [-0.4, -0.2) is 18.3 Å². The van der Waals surface area contributed by atoms with Crippen LogP contribution in [0.1, 0.15) is 38.8 Å². The Morgan fingerprint density at radius 1 is 1.24 bits per heavy atom. The molecule has 0 aliphatic carbocycles. The second kappa shape index (κ2) is 5.35. The Balaban J connectivity index is 2.50. The number of azide groups is 1. The van der Waals surface area contributed by atoms with Gasteiger partial charge < -0.3 is 15.0 Å². The molecule has 0 aromatic heterocycles. The monoisotopic (exact) mass is 288 g/mol. The summed E-state index contributed by atoms with van der Waals surface area (Å²) in [4.78, 5) is 2.87. The van der Waals surface area contributed by atoms with Gasteiger partial charge in [-0.3, -0.25) is 0 Å². The number of nitrogens with zero attached hydrogens (tertiary/aromatic N) is 3. The Hall–Kier alpha value is -1.53. The lowest BCUT2D eigenvalue weighted by Gasteiger charge is -2.32. The predicted octanol–water partition coefficient (Wildman–Crippen LogP) is 2.69. The molecular weight excluding hydrogens is 267 g/mol. The van der Waals surface area contributed by atoms with E-state index in [0.717, 1.165) is 16.6 Å². The highest BCUT2D eigenvalue weighted by Crippen LogP contribution is 2.37. The lowest BCUT2D eigenvalue weighted by Crippen LogP contribution is -2.41. The summed E-state index contributed by atoms with van der Waals surface area (Å²) in [6, 6.07) is 3.75. The lowest BCUT2D eigenvalue weighted by molar-refractivity contribution is 0.00578. The first-order valence-electron chi connectivity index (χ1n) is 6.96. The van der Waals surface area contributed by atoms with E-state index in [4.69, 9.17) is 20.6 Å². The largest absolute Gasteiger partial charge is 0.495 e. The Bertz CT molecular complexity index is 593. The van der Waals surface area contributed by atoms with E-state index >= 15 is 0 Å². The minimum absolute atomic E-state index is 0.362. The van der Waals surface area contributed by atoms with Gasteiger partial charge in [-0.15, -0.1) is 0 Å². The maximum atomic E-state index is 8.69. The van der Waals surface area contributed by atoms with Gasteiger partial charge in [0.1, 0.15) is 0 Å². The highest BCUT2D eigenvalue weighted by atomic mass is 16.7. The summed E-state index contributed by atoms with van der Waals surface area (Å²) in [5, 5.41) is 3.73. The van der Waals surface area contributed by atoms with Crippen molar-refractivity contribution in [3.63, 3.8) is 0 Å². The summed E-state index contributed by atoms with van der Waals surface area (Å²) in [7, 11) is -0.492. The van der Waals surface area contributed by atoms with Crippen LogP contribution in [0.4, 0.5) is 5.69 Å². The van der Waals surface area contributed by atoms with E-state index in [0.29, 0.717) is 12.2 Å². The average Bonchev–Trinajstić information content (AvgIpc) is 2.61. The van der Waals surface area contributed by atoms with Crippen LogP contribution in [0.25, 0.3) is 10.4 Å². The molecule has 0 amide bonds. The van der Waals surface area contributed by atoms with Crippen LogP contribution in [0.15, 0.2) is 17.2 Å². The molecule has 2 rings (SSSR count). The maximum absolute atomic E-state index is 8.69. The molecule has 1 aromatic carbocycles. The standard InChI is InChI=1S/C14H21BN4O2/c1-9-11(6-10(8-16)7-12(9)18-19-17)15-20-13(2,3)14(4,5)21-15/h6-7H,8,16H2,1-5H3. The lowest BCUT2D eigenvalue weighted by atomic mass is 9.75. The van der Waals surface area contributed by atoms with Crippen LogP contribution in [0.2, 0.25) is 0 Å². The van der Waals surface area contributed by atoms with Gasteiger partial charge in [-0.1, -0.05) is 11.2 Å². The van der Waals surface area contributed by atoms with Gasteiger partial charge in [-0.25, -0.2) is 0 Å². The van der Waals surface area contributed by atoms with Crippen molar-refractivity contribution in [2.45, 2.75) is 52.4 Å². The molecule has 0 radical (unpaired) electrons. The highest BCUT2D eigenvalue weighted by Gasteiger charge is 2.52. The van der Waals surface area contributed by atoms with Crippen molar-refractivity contribution < 1.29 is 9.31 Å².